The maximum atomic E-state index is 12.4. The van der Waals surface area contributed by atoms with Gasteiger partial charge in [-0.05, 0) is 44.5 Å². The van der Waals surface area contributed by atoms with Gasteiger partial charge in [0.25, 0.3) is 0 Å². The van der Waals surface area contributed by atoms with Crippen molar-refractivity contribution in [3.63, 3.8) is 0 Å². The molecule has 136 valence electrons. The molecule has 0 atom stereocenters. The van der Waals surface area contributed by atoms with Crippen LogP contribution in [-0.2, 0) is 11.3 Å². The lowest BCUT2D eigenvalue weighted by molar-refractivity contribution is -0.127. The highest BCUT2D eigenvalue weighted by molar-refractivity contribution is 7.99. The molecular weight excluding hydrogens is 348 g/mol. The summed E-state index contributed by atoms with van der Waals surface area (Å²) in [5.74, 6) is 1.93. The molecule has 7 heteroatoms. The Balaban J connectivity index is 1.65. The Kier molecular flexibility index (Phi) is 5.46. The van der Waals surface area contributed by atoms with Crippen LogP contribution in [0.5, 0.6) is 0 Å². The quantitative estimate of drug-likeness (QED) is 0.621. The zero-order valence-electron chi connectivity index (χ0n) is 15.4. The van der Waals surface area contributed by atoms with Crippen LogP contribution in [-0.4, -0.2) is 38.4 Å². The van der Waals surface area contributed by atoms with Crippen LogP contribution in [0, 0.1) is 20.8 Å². The Morgan fingerprint density at radius 3 is 2.73 bits per heavy atom. The van der Waals surface area contributed by atoms with E-state index in [0.29, 0.717) is 17.5 Å². The number of thioether (sulfide) groups is 1. The van der Waals surface area contributed by atoms with Crippen LogP contribution in [0.15, 0.2) is 46.2 Å². The molecule has 0 aliphatic carbocycles. The predicted octanol–water partition coefficient (Wildman–Crippen LogP) is 3.54. The molecule has 1 amide bonds. The summed E-state index contributed by atoms with van der Waals surface area (Å²) in [7, 11) is 1.77. The molecule has 0 spiro atoms. The summed E-state index contributed by atoms with van der Waals surface area (Å²) in [6.45, 7) is 6.47. The van der Waals surface area contributed by atoms with Crippen molar-refractivity contribution in [2.75, 3.05) is 12.8 Å². The van der Waals surface area contributed by atoms with E-state index in [4.69, 9.17) is 4.42 Å². The number of hydrogen-bond acceptors (Lipinski definition) is 5. The highest BCUT2D eigenvalue weighted by Gasteiger charge is 2.15. The number of carbonyl (C=O) groups excluding carboxylic acids is 1. The lowest BCUT2D eigenvalue weighted by atomic mass is 10.1. The summed E-state index contributed by atoms with van der Waals surface area (Å²) in [6, 6.07) is 10.0. The van der Waals surface area contributed by atoms with E-state index >= 15 is 0 Å². The van der Waals surface area contributed by atoms with E-state index in [1.54, 1.807) is 18.3 Å². The summed E-state index contributed by atoms with van der Waals surface area (Å²) >= 11 is 1.38. The number of rotatable bonds is 6. The second-order valence-corrected chi connectivity index (χ2v) is 7.27. The Bertz CT molecular complexity index is 916. The van der Waals surface area contributed by atoms with E-state index < -0.39 is 0 Å². The van der Waals surface area contributed by atoms with Crippen molar-refractivity contribution >= 4 is 17.7 Å². The molecule has 0 N–H and O–H groups in total. The summed E-state index contributed by atoms with van der Waals surface area (Å²) in [6.07, 6.45) is 1.68. The van der Waals surface area contributed by atoms with Crippen LogP contribution in [0.2, 0.25) is 0 Å². The van der Waals surface area contributed by atoms with Crippen molar-refractivity contribution in [2.24, 2.45) is 0 Å². The number of amides is 1. The fraction of sp³-hybridized carbons (Fsp3) is 0.316. The minimum Gasteiger partial charge on any atom is -0.464 e. The van der Waals surface area contributed by atoms with Gasteiger partial charge in [-0.1, -0.05) is 29.5 Å². The van der Waals surface area contributed by atoms with Gasteiger partial charge in [-0.2, -0.15) is 0 Å². The van der Waals surface area contributed by atoms with Gasteiger partial charge in [0.05, 0.1) is 18.0 Å². The topological polar surface area (TPSA) is 64.2 Å². The van der Waals surface area contributed by atoms with Crippen molar-refractivity contribution in [1.82, 2.24) is 19.7 Å². The molecule has 0 radical (unpaired) electrons. The van der Waals surface area contributed by atoms with Gasteiger partial charge in [0, 0.05) is 7.05 Å². The van der Waals surface area contributed by atoms with E-state index in [-0.39, 0.29) is 5.91 Å². The Morgan fingerprint density at radius 2 is 2.04 bits per heavy atom. The van der Waals surface area contributed by atoms with Crippen molar-refractivity contribution < 1.29 is 9.21 Å². The highest BCUT2D eigenvalue weighted by atomic mass is 32.2. The molecule has 0 bridgehead atoms. The maximum absolute atomic E-state index is 12.4. The first-order valence-electron chi connectivity index (χ1n) is 8.34. The molecule has 0 aliphatic rings. The van der Waals surface area contributed by atoms with E-state index in [2.05, 4.69) is 36.2 Å². The van der Waals surface area contributed by atoms with Crippen LogP contribution in [0.25, 0.3) is 5.69 Å². The normalized spacial score (nSPS) is 10.9. The number of aryl methyl sites for hydroxylation is 3. The Morgan fingerprint density at radius 1 is 1.23 bits per heavy atom. The maximum Gasteiger partial charge on any atom is 0.233 e. The molecule has 3 aromatic rings. The van der Waals surface area contributed by atoms with Gasteiger partial charge in [0.15, 0.2) is 5.16 Å². The average Bonchev–Trinajstić information content (AvgIpc) is 3.21. The van der Waals surface area contributed by atoms with Crippen molar-refractivity contribution in [3.8, 4) is 5.69 Å². The summed E-state index contributed by atoms with van der Waals surface area (Å²) in [5.41, 5.74) is 3.37. The zero-order valence-corrected chi connectivity index (χ0v) is 16.2. The molecule has 0 saturated heterocycles. The first kappa shape index (κ1) is 18.3. The third kappa shape index (κ3) is 4.16. The molecule has 2 aromatic heterocycles. The molecule has 0 aliphatic heterocycles. The van der Waals surface area contributed by atoms with Crippen LogP contribution < -0.4 is 0 Å². The number of carbonyl (C=O) groups is 1. The Labute approximate surface area is 157 Å². The van der Waals surface area contributed by atoms with Crippen molar-refractivity contribution in [3.05, 3.63) is 59.3 Å². The zero-order chi connectivity index (χ0) is 18.7. The molecule has 0 unspecified atom stereocenters. The van der Waals surface area contributed by atoms with Gasteiger partial charge in [-0.3, -0.25) is 9.36 Å². The summed E-state index contributed by atoms with van der Waals surface area (Å²) in [5, 5.41) is 8.87. The number of benzene rings is 1. The molecule has 26 heavy (non-hydrogen) atoms. The van der Waals surface area contributed by atoms with Gasteiger partial charge >= 0.3 is 0 Å². The number of nitrogens with zero attached hydrogens (tertiary/aromatic N) is 4. The van der Waals surface area contributed by atoms with Crippen LogP contribution >= 0.6 is 11.8 Å². The number of furan rings is 1. The lowest BCUT2D eigenvalue weighted by Crippen LogP contribution is -2.27. The fourth-order valence-electron chi connectivity index (χ4n) is 2.69. The lowest BCUT2D eigenvalue weighted by Gasteiger charge is -2.15. The van der Waals surface area contributed by atoms with Crippen molar-refractivity contribution in [1.29, 1.82) is 0 Å². The van der Waals surface area contributed by atoms with E-state index in [9.17, 15) is 4.79 Å². The van der Waals surface area contributed by atoms with E-state index in [1.807, 2.05) is 29.7 Å². The standard InChI is InChI=1S/C19H22N4O2S/c1-13-5-8-17(14(2)9-13)23-12-20-21-19(23)26-11-18(24)22(4)10-16-7-6-15(3)25-16/h5-9,12H,10-11H2,1-4H3. The largest absolute Gasteiger partial charge is 0.464 e. The third-order valence-corrected chi connectivity index (χ3v) is 5.00. The van der Waals surface area contributed by atoms with Crippen LogP contribution in [0.1, 0.15) is 22.6 Å². The average molecular weight is 370 g/mol. The van der Waals surface area contributed by atoms with Crippen molar-refractivity contribution in [2.45, 2.75) is 32.5 Å². The van der Waals surface area contributed by atoms with Gasteiger partial charge in [0.1, 0.15) is 17.8 Å². The minimum absolute atomic E-state index is 0.0132. The minimum atomic E-state index is 0.0132. The SMILES string of the molecule is Cc1ccc(-n2cnnc2SCC(=O)N(C)Cc2ccc(C)o2)c(C)c1. The van der Waals surface area contributed by atoms with E-state index in [1.165, 1.54) is 17.3 Å². The van der Waals surface area contributed by atoms with Gasteiger partial charge in [-0.25, -0.2) is 0 Å². The summed E-state index contributed by atoms with van der Waals surface area (Å²) < 4.78 is 7.45. The number of hydrogen-bond donors (Lipinski definition) is 0. The Hall–Kier alpha value is -2.54. The molecule has 0 saturated carbocycles. The van der Waals surface area contributed by atoms with Gasteiger partial charge in [0.2, 0.25) is 5.91 Å². The van der Waals surface area contributed by atoms with Gasteiger partial charge < -0.3 is 9.32 Å². The van der Waals surface area contributed by atoms with Crippen LogP contribution in [0.3, 0.4) is 0 Å². The highest BCUT2D eigenvalue weighted by Crippen LogP contribution is 2.23. The molecular formula is C19H22N4O2S. The molecule has 0 fully saturated rings. The predicted molar refractivity (Wildman–Crippen MR) is 101 cm³/mol. The second kappa shape index (κ2) is 7.78. The molecule has 1 aromatic carbocycles. The fourth-order valence-corrected chi connectivity index (χ4v) is 3.55. The first-order chi connectivity index (χ1) is 12.4. The molecule has 3 rings (SSSR count). The first-order valence-corrected chi connectivity index (χ1v) is 9.32. The molecule has 6 nitrogen and oxygen atoms in total. The smallest absolute Gasteiger partial charge is 0.233 e. The van der Waals surface area contributed by atoms with Crippen LogP contribution in [0.4, 0.5) is 0 Å². The van der Waals surface area contributed by atoms with E-state index in [0.717, 1.165) is 22.8 Å². The third-order valence-electron chi connectivity index (χ3n) is 4.07. The molecule has 2 heterocycles. The second-order valence-electron chi connectivity index (χ2n) is 6.32. The summed E-state index contributed by atoms with van der Waals surface area (Å²) in [4.78, 5) is 14.1. The van der Waals surface area contributed by atoms with Gasteiger partial charge in [-0.15, -0.1) is 10.2 Å². The number of aromatic nitrogens is 3. The monoisotopic (exact) mass is 370 g/mol.